The highest BCUT2D eigenvalue weighted by molar-refractivity contribution is 7.99. The molecule has 7 heteroatoms. The topological polar surface area (TPSA) is 138 Å². The fourth-order valence-corrected chi connectivity index (χ4v) is 6.06. The molecule has 2 aromatic rings. The van der Waals surface area contributed by atoms with Gasteiger partial charge in [0.15, 0.2) is 0 Å². The van der Waals surface area contributed by atoms with E-state index in [9.17, 15) is 8.42 Å². The molecule has 2 atom stereocenters. The van der Waals surface area contributed by atoms with Gasteiger partial charge >= 0.3 is 0 Å². The largest absolute Gasteiger partial charge is 0.328 e. The van der Waals surface area contributed by atoms with E-state index in [0.717, 1.165) is 11.1 Å². The van der Waals surface area contributed by atoms with Crippen LogP contribution in [0.4, 0.5) is 0 Å². The summed E-state index contributed by atoms with van der Waals surface area (Å²) >= 11 is 0. The van der Waals surface area contributed by atoms with E-state index < -0.39 is 20.9 Å². The van der Waals surface area contributed by atoms with Gasteiger partial charge in [-0.2, -0.15) is 0 Å². The third-order valence-electron chi connectivity index (χ3n) is 6.32. The minimum absolute atomic E-state index is 0.206. The van der Waals surface area contributed by atoms with Crippen LogP contribution < -0.4 is 22.9 Å². The molecule has 4 rings (SSSR count). The smallest absolute Gasteiger partial charge is 0.207 e. The first-order valence-corrected chi connectivity index (χ1v) is 12.4. The number of hydrogen-bond donors (Lipinski definition) is 4. The molecule has 6 nitrogen and oxygen atoms in total. The molecule has 2 aliphatic carbocycles. The summed E-state index contributed by atoms with van der Waals surface area (Å²) in [6.45, 7) is 0.411. The molecule has 8 N–H and O–H groups in total. The molecule has 0 fully saturated rings. The van der Waals surface area contributed by atoms with Crippen LogP contribution in [0.1, 0.15) is 24.0 Å². The van der Waals surface area contributed by atoms with Crippen LogP contribution in [-0.4, -0.2) is 32.6 Å². The first kappa shape index (κ1) is 23.4. The van der Waals surface area contributed by atoms with Crippen LogP contribution in [0.2, 0.25) is 0 Å². The Bertz CT molecular complexity index is 1170. The van der Waals surface area contributed by atoms with Crippen molar-refractivity contribution in [2.75, 3.05) is 13.1 Å². The average molecular weight is 463 g/mol. The second kappa shape index (κ2) is 8.85. The van der Waals surface area contributed by atoms with E-state index in [4.69, 9.17) is 22.9 Å². The fraction of sp³-hybridized carbons (Fsp3) is 0.231. The van der Waals surface area contributed by atoms with E-state index in [1.165, 1.54) is 0 Å². The van der Waals surface area contributed by atoms with Crippen molar-refractivity contribution in [1.82, 2.24) is 0 Å². The lowest BCUT2D eigenvalue weighted by atomic mass is 9.84. The van der Waals surface area contributed by atoms with Crippen LogP contribution >= 0.6 is 0 Å². The molecule has 2 unspecified atom stereocenters. The van der Waals surface area contributed by atoms with Crippen molar-refractivity contribution in [3.8, 4) is 0 Å². The van der Waals surface area contributed by atoms with Crippen LogP contribution in [0.25, 0.3) is 11.1 Å². The molecule has 0 amide bonds. The van der Waals surface area contributed by atoms with Crippen molar-refractivity contribution in [1.29, 1.82) is 0 Å². The van der Waals surface area contributed by atoms with Gasteiger partial charge in [-0.15, -0.1) is 0 Å². The highest BCUT2D eigenvalue weighted by Crippen LogP contribution is 2.42. The Morgan fingerprint density at radius 3 is 1.36 bits per heavy atom. The molecule has 0 bridgehead atoms. The van der Waals surface area contributed by atoms with E-state index in [2.05, 4.69) is 0 Å². The number of benzene rings is 2. The van der Waals surface area contributed by atoms with E-state index in [1.807, 2.05) is 60.7 Å². The number of sulfone groups is 1. The summed E-state index contributed by atoms with van der Waals surface area (Å²) in [7, 11) is -3.90. The zero-order valence-electron chi connectivity index (χ0n) is 18.4. The monoisotopic (exact) mass is 462 g/mol. The van der Waals surface area contributed by atoms with Gasteiger partial charge in [0, 0.05) is 13.1 Å². The minimum atomic E-state index is -3.90. The van der Waals surface area contributed by atoms with Crippen molar-refractivity contribution in [3.63, 3.8) is 0 Å². The molecule has 0 aliphatic heterocycles. The first-order valence-electron chi connectivity index (χ1n) is 10.9. The third kappa shape index (κ3) is 4.51. The zero-order chi connectivity index (χ0) is 23.7. The zero-order valence-corrected chi connectivity index (χ0v) is 19.3. The lowest BCUT2D eigenvalue weighted by molar-refractivity contribution is 0.547. The standard InChI is InChI=1S/C26H30N4O2S/c27-17-25(29)13-11-23(21(15-25)19-7-3-1-4-8-19)33(31,32)24-12-14-26(30,18-28)16-22(24)20-9-5-2-6-10-20/h1-14H,15-18,27-30H2. The first-order chi connectivity index (χ1) is 15.7. The van der Waals surface area contributed by atoms with E-state index >= 15 is 0 Å². The Morgan fingerprint density at radius 1 is 0.667 bits per heavy atom. The van der Waals surface area contributed by atoms with Crippen molar-refractivity contribution < 1.29 is 8.42 Å². The Hall–Kier alpha value is -2.81. The van der Waals surface area contributed by atoms with Gasteiger partial charge in [-0.25, -0.2) is 8.42 Å². The predicted octanol–water partition coefficient (Wildman–Crippen LogP) is 2.46. The Labute approximate surface area is 195 Å². The van der Waals surface area contributed by atoms with Crippen molar-refractivity contribution >= 4 is 21.0 Å². The Morgan fingerprint density at radius 2 is 1.03 bits per heavy atom. The van der Waals surface area contributed by atoms with Gasteiger partial charge < -0.3 is 22.9 Å². The van der Waals surface area contributed by atoms with Gasteiger partial charge in [0.05, 0.1) is 20.9 Å². The quantitative estimate of drug-likeness (QED) is 0.520. The lowest BCUT2D eigenvalue weighted by Crippen LogP contribution is -2.47. The molecule has 0 saturated heterocycles. The molecule has 2 aromatic carbocycles. The van der Waals surface area contributed by atoms with E-state index in [-0.39, 0.29) is 22.9 Å². The summed E-state index contributed by atoms with van der Waals surface area (Å²) in [6, 6.07) is 18.9. The van der Waals surface area contributed by atoms with Crippen LogP contribution in [-0.2, 0) is 9.84 Å². The van der Waals surface area contributed by atoms with Gasteiger partial charge in [0.1, 0.15) is 0 Å². The molecule has 2 aliphatic rings. The minimum Gasteiger partial charge on any atom is -0.328 e. The molecule has 33 heavy (non-hydrogen) atoms. The fourth-order valence-electron chi connectivity index (χ4n) is 4.30. The molecule has 0 aromatic heterocycles. The number of nitrogens with two attached hydrogens (primary N) is 4. The summed E-state index contributed by atoms with van der Waals surface area (Å²) in [4.78, 5) is 0.460. The van der Waals surface area contributed by atoms with Gasteiger partial charge in [-0.05, 0) is 47.3 Å². The normalized spacial score (nSPS) is 25.6. The SMILES string of the molecule is NCC1(N)C=CC(S(=O)(=O)C2=C(c3ccccc3)CC(N)(CN)C=C2)=C(c2ccccc2)C1. The predicted molar refractivity (Wildman–Crippen MR) is 135 cm³/mol. The van der Waals surface area contributed by atoms with E-state index in [1.54, 1.807) is 24.3 Å². The number of allylic oxidation sites excluding steroid dienone is 2. The summed E-state index contributed by atoms with van der Waals surface area (Å²) in [5.41, 5.74) is 26.0. The number of rotatable bonds is 6. The van der Waals surface area contributed by atoms with E-state index in [0.29, 0.717) is 24.0 Å². The third-order valence-corrected chi connectivity index (χ3v) is 8.25. The molecule has 0 spiro atoms. The Balaban J connectivity index is 1.94. The maximum absolute atomic E-state index is 14.1. The molecule has 172 valence electrons. The molecule has 0 radical (unpaired) electrons. The van der Waals surface area contributed by atoms with Crippen molar-refractivity contribution in [3.05, 3.63) is 106 Å². The second-order valence-electron chi connectivity index (χ2n) is 8.82. The summed E-state index contributed by atoms with van der Waals surface area (Å²) in [5.74, 6) is 0. The van der Waals surface area contributed by atoms with Gasteiger partial charge in [-0.1, -0.05) is 72.8 Å². The molecular formula is C26H30N4O2S. The maximum atomic E-state index is 14.1. The van der Waals surface area contributed by atoms with Crippen LogP contribution in [0.15, 0.2) is 94.8 Å². The van der Waals surface area contributed by atoms with Gasteiger partial charge in [0.2, 0.25) is 9.84 Å². The van der Waals surface area contributed by atoms with Crippen molar-refractivity contribution in [2.45, 2.75) is 23.9 Å². The summed E-state index contributed by atoms with van der Waals surface area (Å²) < 4.78 is 28.3. The van der Waals surface area contributed by atoms with Crippen molar-refractivity contribution in [2.24, 2.45) is 22.9 Å². The van der Waals surface area contributed by atoms with Gasteiger partial charge in [0.25, 0.3) is 0 Å². The molecule has 0 saturated carbocycles. The Kier molecular flexibility index (Phi) is 6.26. The van der Waals surface area contributed by atoms with Crippen LogP contribution in [0, 0.1) is 0 Å². The highest BCUT2D eigenvalue weighted by Gasteiger charge is 2.37. The molecular weight excluding hydrogens is 432 g/mol. The van der Waals surface area contributed by atoms with Crippen LogP contribution in [0.3, 0.4) is 0 Å². The summed E-state index contributed by atoms with van der Waals surface area (Å²) in [5, 5.41) is 0. The van der Waals surface area contributed by atoms with Crippen LogP contribution in [0.5, 0.6) is 0 Å². The number of hydrogen-bond acceptors (Lipinski definition) is 6. The summed E-state index contributed by atoms with van der Waals surface area (Å²) in [6.07, 6.45) is 7.25. The maximum Gasteiger partial charge on any atom is 0.207 e. The second-order valence-corrected chi connectivity index (χ2v) is 10.7. The average Bonchev–Trinajstić information content (AvgIpc) is 2.85. The van der Waals surface area contributed by atoms with Gasteiger partial charge in [-0.3, -0.25) is 0 Å². The lowest BCUT2D eigenvalue weighted by Gasteiger charge is -2.33. The highest BCUT2D eigenvalue weighted by atomic mass is 32.2. The molecule has 0 heterocycles.